The van der Waals surface area contributed by atoms with Gasteiger partial charge in [-0.25, -0.2) is 0 Å². The van der Waals surface area contributed by atoms with E-state index in [2.05, 4.69) is 12.1 Å². The molecular formula is C7H8OP2S4. The van der Waals surface area contributed by atoms with Crippen LogP contribution < -0.4 is 10.0 Å². The van der Waals surface area contributed by atoms with Gasteiger partial charge in [0.25, 0.3) is 0 Å². The zero-order chi connectivity index (χ0) is 10.2. The first-order valence-corrected chi connectivity index (χ1v) is 13.5. The summed E-state index contributed by atoms with van der Waals surface area (Å²) in [6.45, 7) is 0. The predicted octanol–water partition coefficient (Wildman–Crippen LogP) is 3.62. The van der Waals surface area contributed by atoms with Crippen molar-refractivity contribution in [2.24, 2.45) is 0 Å². The number of hydrogen-bond donors (Lipinski definition) is 0. The summed E-state index contributed by atoms with van der Waals surface area (Å²) < 4.78 is 3.73. The first kappa shape index (κ1) is 11.5. The Bertz CT molecular complexity index is 404. The van der Waals surface area contributed by atoms with Gasteiger partial charge in [0.2, 0.25) is 0 Å². The van der Waals surface area contributed by atoms with Crippen LogP contribution in [0, 0.1) is 0 Å². The van der Waals surface area contributed by atoms with Crippen LogP contribution >= 0.6 is 31.5 Å². The fraction of sp³-hybridized carbons (Fsp3) is 0.143. The molecule has 0 saturated carbocycles. The van der Waals surface area contributed by atoms with E-state index >= 15 is 0 Å². The lowest BCUT2D eigenvalue weighted by atomic mass is 10.3. The van der Waals surface area contributed by atoms with Crippen LogP contribution in [0.15, 0.2) is 24.3 Å². The minimum atomic E-state index is -1.38. The summed E-state index contributed by atoms with van der Waals surface area (Å²) in [6.07, 6.45) is 0. The molecule has 1 aromatic carbocycles. The number of rotatable bonds is 2. The molecule has 0 N–H and O–H groups in total. The number of hydrogen-bond acceptors (Lipinski definition) is 5. The SMILES string of the molecule is COc1ccc(P2(=S)S[PH](=S)S2)cc1. The Morgan fingerprint density at radius 1 is 1.29 bits per heavy atom. The van der Waals surface area contributed by atoms with Crippen molar-refractivity contribution in [3.05, 3.63) is 24.3 Å². The molecule has 0 bridgehead atoms. The van der Waals surface area contributed by atoms with Crippen molar-refractivity contribution in [1.29, 1.82) is 0 Å². The van der Waals surface area contributed by atoms with Crippen molar-refractivity contribution in [1.82, 2.24) is 0 Å². The summed E-state index contributed by atoms with van der Waals surface area (Å²) in [6, 6.07) is 8.09. The van der Waals surface area contributed by atoms with Crippen molar-refractivity contribution in [3.8, 4) is 5.75 Å². The highest BCUT2D eigenvalue weighted by Crippen LogP contribution is 2.96. The number of benzene rings is 1. The Morgan fingerprint density at radius 2 is 1.86 bits per heavy atom. The van der Waals surface area contributed by atoms with Crippen LogP contribution in [0.1, 0.15) is 0 Å². The van der Waals surface area contributed by atoms with E-state index in [9.17, 15) is 0 Å². The van der Waals surface area contributed by atoms with E-state index in [0.717, 1.165) is 5.75 Å². The lowest BCUT2D eigenvalue weighted by molar-refractivity contribution is 0.415. The Kier molecular flexibility index (Phi) is 3.69. The van der Waals surface area contributed by atoms with Gasteiger partial charge in [-0.2, -0.15) is 0 Å². The smallest absolute Gasteiger partial charge is 0.118 e. The summed E-state index contributed by atoms with van der Waals surface area (Å²) in [4.78, 5) is 0. The van der Waals surface area contributed by atoms with Crippen molar-refractivity contribution < 1.29 is 4.74 Å². The van der Waals surface area contributed by atoms with Crippen LogP contribution in [0.2, 0.25) is 0 Å². The fourth-order valence-corrected chi connectivity index (χ4v) is 36.5. The van der Waals surface area contributed by atoms with Gasteiger partial charge >= 0.3 is 0 Å². The molecule has 2 rings (SSSR count). The lowest BCUT2D eigenvalue weighted by Gasteiger charge is -2.30. The summed E-state index contributed by atoms with van der Waals surface area (Å²) in [5.74, 6) is 0.884. The normalized spacial score (nSPS) is 30.8. The van der Waals surface area contributed by atoms with Gasteiger partial charge in [0.05, 0.1) is 16.7 Å². The average Bonchev–Trinajstić information content (AvgIpc) is 2.16. The highest BCUT2D eigenvalue weighted by molar-refractivity contribution is 9.44. The molecule has 1 aromatic rings. The fourth-order valence-electron chi connectivity index (χ4n) is 1.07. The molecule has 0 spiro atoms. The largest absolute Gasteiger partial charge is 0.497 e. The molecule has 0 aromatic heterocycles. The second-order valence-electron chi connectivity index (χ2n) is 2.63. The summed E-state index contributed by atoms with van der Waals surface area (Å²) >= 11 is 14.6. The van der Waals surface area contributed by atoms with Crippen molar-refractivity contribution in [3.63, 3.8) is 0 Å². The van der Waals surface area contributed by atoms with Gasteiger partial charge in [-0.1, -0.05) is 45.6 Å². The first-order chi connectivity index (χ1) is 6.64. The molecule has 1 nitrogen and oxygen atoms in total. The van der Waals surface area contributed by atoms with Gasteiger partial charge < -0.3 is 4.74 Å². The molecule has 0 atom stereocenters. The second-order valence-corrected chi connectivity index (χ2v) is 22.4. The molecule has 1 aliphatic rings. The molecular weight excluding hydrogens is 290 g/mol. The zero-order valence-corrected chi connectivity index (χ0v) is 12.5. The Balaban J connectivity index is 2.26. The Labute approximate surface area is 102 Å². The maximum atomic E-state index is 5.61. The minimum absolute atomic E-state index is 0.631. The molecule has 1 heterocycles. The van der Waals surface area contributed by atoms with Gasteiger partial charge in [0.1, 0.15) is 5.75 Å². The van der Waals surface area contributed by atoms with Gasteiger partial charge in [0.15, 0.2) is 0 Å². The molecule has 0 aliphatic carbocycles. The van der Waals surface area contributed by atoms with Crippen molar-refractivity contribution in [2.75, 3.05) is 7.11 Å². The molecule has 0 amide bonds. The molecule has 1 saturated heterocycles. The maximum absolute atomic E-state index is 5.61. The summed E-state index contributed by atoms with van der Waals surface area (Å²) in [7, 11) is 1.67. The van der Waals surface area contributed by atoms with Crippen LogP contribution in [-0.2, 0) is 23.6 Å². The lowest BCUT2D eigenvalue weighted by Crippen LogP contribution is -2.00. The van der Waals surface area contributed by atoms with Crippen LogP contribution in [0.4, 0.5) is 0 Å². The average molecular weight is 298 g/mol. The van der Waals surface area contributed by atoms with Crippen molar-refractivity contribution >= 4 is 60.5 Å². The monoisotopic (exact) mass is 298 g/mol. The summed E-state index contributed by atoms with van der Waals surface area (Å²) in [5, 5.41) is 0.634. The first-order valence-electron chi connectivity index (χ1n) is 3.82. The highest BCUT2D eigenvalue weighted by atomic mass is 33.7. The quantitative estimate of drug-likeness (QED) is 0.769. The molecule has 0 unspecified atom stereocenters. The molecule has 14 heavy (non-hydrogen) atoms. The summed E-state index contributed by atoms with van der Waals surface area (Å²) in [5.41, 5.74) is 0. The molecule has 1 fully saturated rings. The van der Waals surface area contributed by atoms with E-state index in [1.54, 1.807) is 7.11 Å². The maximum Gasteiger partial charge on any atom is 0.118 e. The molecule has 7 heteroatoms. The topological polar surface area (TPSA) is 9.23 Å². The third-order valence-corrected chi connectivity index (χ3v) is 30.8. The van der Waals surface area contributed by atoms with Crippen LogP contribution in [0.3, 0.4) is 0 Å². The van der Waals surface area contributed by atoms with Crippen LogP contribution in [0.25, 0.3) is 0 Å². The van der Waals surface area contributed by atoms with Gasteiger partial charge in [-0.3, -0.25) is 0 Å². The van der Waals surface area contributed by atoms with E-state index in [0.29, 0.717) is 0 Å². The van der Waals surface area contributed by atoms with Crippen molar-refractivity contribution in [2.45, 2.75) is 0 Å². The number of methoxy groups -OCH3 is 1. The van der Waals surface area contributed by atoms with Gasteiger partial charge in [0, 0.05) is 5.30 Å². The molecule has 0 radical (unpaired) electrons. The standard InChI is InChI=1S/C7H8OP2S4/c1-8-6-2-4-7(5-3-6)10(12)13-9(11)14-10/h2-5,9H,1H3. The third-order valence-electron chi connectivity index (χ3n) is 1.78. The van der Waals surface area contributed by atoms with E-state index in [1.807, 2.05) is 34.1 Å². The highest BCUT2D eigenvalue weighted by Gasteiger charge is 2.33. The minimum Gasteiger partial charge on any atom is -0.497 e. The zero-order valence-electron chi connectivity index (χ0n) is 7.30. The van der Waals surface area contributed by atoms with Crippen LogP contribution in [-0.4, -0.2) is 7.11 Å². The second kappa shape index (κ2) is 4.48. The predicted molar refractivity (Wildman–Crippen MR) is 77.8 cm³/mol. The Hall–Kier alpha value is 1.02. The van der Waals surface area contributed by atoms with E-state index in [1.165, 1.54) is 5.30 Å². The van der Waals surface area contributed by atoms with Gasteiger partial charge in [-0.05, 0) is 24.3 Å². The van der Waals surface area contributed by atoms with E-state index < -0.39 is 9.54 Å². The van der Waals surface area contributed by atoms with E-state index in [4.69, 9.17) is 28.4 Å². The van der Waals surface area contributed by atoms with E-state index in [-0.39, 0.29) is 0 Å². The van der Waals surface area contributed by atoms with Crippen LogP contribution in [0.5, 0.6) is 5.75 Å². The molecule has 1 aliphatic heterocycles. The van der Waals surface area contributed by atoms with Gasteiger partial charge in [-0.15, -0.1) is 0 Å². The Morgan fingerprint density at radius 3 is 2.29 bits per heavy atom. The third kappa shape index (κ3) is 2.23. The number of ether oxygens (including phenoxy) is 1. The molecule has 76 valence electrons.